The summed E-state index contributed by atoms with van der Waals surface area (Å²) < 4.78 is 0. The molecule has 1 saturated heterocycles. The third kappa shape index (κ3) is 6.77. The van der Waals surface area contributed by atoms with Crippen LogP contribution in [0.4, 0.5) is 0 Å². The summed E-state index contributed by atoms with van der Waals surface area (Å²) in [5.74, 6) is 1.59. The zero-order valence-corrected chi connectivity index (χ0v) is 18.6. The Morgan fingerprint density at radius 2 is 2.20 bits per heavy atom. The van der Waals surface area contributed by atoms with Crippen molar-refractivity contribution in [2.45, 2.75) is 59.5 Å². The first-order valence-corrected chi connectivity index (χ1v) is 9.29. The van der Waals surface area contributed by atoms with E-state index in [1.807, 2.05) is 6.20 Å². The molecular formula is C18H35IN6. The lowest BCUT2D eigenvalue weighted by atomic mass is 10.1. The molecule has 0 aliphatic carbocycles. The van der Waals surface area contributed by atoms with Gasteiger partial charge < -0.3 is 10.6 Å². The highest BCUT2D eigenvalue weighted by atomic mass is 127. The number of aryl methyl sites for hydroxylation is 2. The topological polar surface area (TPSA) is 68.3 Å². The molecule has 0 amide bonds. The zero-order valence-electron chi connectivity index (χ0n) is 16.3. The van der Waals surface area contributed by atoms with Gasteiger partial charge in [-0.2, -0.15) is 5.10 Å². The van der Waals surface area contributed by atoms with Crippen LogP contribution in [0.5, 0.6) is 0 Å². The van der Waals surface area contributed by atoms with Crippen molar-refractivity contribution in [3.8, 4) is 0 Å². The third-order valence-electron chi connectivity index (χ3n) is 4.85. The summed E-state index contributed by atoms with van der Waals surface area (Å²) in [4.78, 5) is 7.29. The first-order valence-electron chi connectivity index (χ1n) is 9.29. The van der Waals surface area contributed by atoms with Crippen molar-refractivity contribution in [2.75, 3.05) is 26.2 Å². The van der Waals surface area contributed by atoms with E-state index in [1.54, 1.807) is 0 Å². The summed E-state index contributed by atoms with van der Waals surface area (Å²) in [5.41, 5.74) is 2.46. The molecule has 144 valence electrons. The molecule has 2 unspecified atom stereocenters. The summed E-state index contributed by atoms with van der Waals surface area (Å²) in [6, 6.07) is 1.08. The number of nitrogens with zero attached hydrogens (tertiary/aromatic N) is 3. The van der Waals surface area contributed by atoms with E-state index in [4.69, 9.17) is 4.99 Å². The van der Waals surface area contributed by atoms with Gasteiger partial charge in [0, 0.05) is 44.0 Å². The molecule has 2 heterocycles. The molecule has 0 bridgehead atoms. The molecule has 6 nitrogen and oxygen atoms in total. The molecule has 3 N–H and O–H groups in total. The number of aromatic nitrogens is 2. The molecule has 1 aliphatic heterocycles. The quantitative estimate of drug-likeness (QED) is 0.252. The molecule has 1 aromatic heterocycles. The normalized spacial score (nSPS) is 21.4. The van der Waals surface area contributed by atoms with Crippen LogP contribution >= 0.6 is 24.0 Å². The number of hydrogen-bond acceptors (Lipinski definition) is 3. The van der Waals surface area contributed by atoms with E-state index in [1.165, 1.54) is 5.56 Å². The van der Waals surface area contributed by atoms with Gasteiger partial charge in [-0.3, -0.25) is 15.0 Å². The average molecular weight is 462 g/mol. The van der Waals surface area contributed by atoms with Crippen LogP contribution in [-0.4, -0.2) is 59.3 Å². The van der Waals surface area contributed by atoms with Crippen molar-refractivity contribution in [1.82, 2.24) is 25.7 Å². The molecule has 0 radical (unpaired) electrons. The van der Waals surface area contributed by atoms with Crippen molar-refractivity contribution in [1.29, 1.82) is 0 Å². The van der Waals surface area contributed by atoms with Crippen LogP contribution in [0.3, 0.4) is 0 Å². The van der Waals surface area contributed by atoms with Gasteiger partial charge in [-0.25, -0.2) is 0 Å². The summed E-state index contributed by atoms with van der Waals surface area (Å²) in [6.45, 7) is 15.0. The van der Waals surface area contributed by atoms with Gasteiger partial charge >= 0.3 is 0 Å². The van der Waals surface area contributed by atoms with Crippen LogP contribution < -0.4 is 10.6 Å². The minimum Gasteiger partial charge on any atom is -0.357 e. The van der Waals surface area contributed by atoms with E-state index in [2.05, 4.69) is 60.3 Å². The number of aromatic amines is 1. The second-order valence-electron chi connectivity index (χ2n) is 7.16. The lowest BCUT2D eigenvalue weighted by Crippen LogP contribution is -2.46. The first kappa shape index (κ1) is 22.2. The van der Waals surface area contributed by atoms with E-state index >= 15 is 0 Å². The predicted molar refractivity (Wildman–Crippen MR) is 116 cm³/mol. The lowest BCUT2D eigenvalue weighted by Gasteiger charge is -2.21. The maximum absolute atomic E-state index is 4.76. The van der Waals surface area contributed by atoms with Crippen LogP contribution in [-0.2, 0) is 6.42 Å². The molecule has 1 aromatic rings. The van der Waals surface area contributed by atoms with E-state index in [0.717, 1.165) is 50.7 Å². The SMILES string of the molecule is CCNC(=NCCCc1cn[nH]c1C)NC1CN(C(C)C)CC1C.I. The maximum Gasteiger partial charge on any atom is 0.191 e. The van der Waals surface area contributed by atoms with Crippen molar-refractivity contribution < 1.29 is 0 Å². The fourth-order valence-corrected chi connectivity index (χ4v) is 3.20. The minimum absolute atomic E-state index is 0. The average Bonchev–Trinajstić information content (AvgIpc) is 3.10. The number of nitrogens with one attached hydrogen (secondary N) is 3. The van der Waals surface area contributed by atoms with Gasteiger partial charge in [0.1, 0.15) is 0 Å². The third-order valence-corrected chi connectivity index (χ3v) is 4.85. The smallest absolute Gasteiger partial charge is 0.191 e. The van der Waals surface area contributed by atoms with Gasteiger partial charge in [0.25, 0.3) is 0 Å². The molecule has 2 rings (SSSR count). The molecule has 1 fully saturated rings. The molecule has 1 aliphatic rings. The van der Waals surface area contributed by atoms with Crippen LogP contribution in [0.2, 0.25) is 0 Å². The fourth-order valence-electron chi connectivity index (χ4n) is 3.20. The Balaban J connectivity index is 0.00000312. The largest absolute Gasteiger partial charge is 0.357 e. The Hall–Kier alpha value is -0.830. The Morgan fingerprint density at radius 3 is 2.76 bits per heavy atom. The monoisotopic (exact) mass is 462 g/mol. The molecule has 0 saturated carbocycles. The van der Waals surface area contributed by atoms with Gasteiger partial charge in [0.05, 0.1) is 6.20 Å². The Bertz CT molecular complexity index is 527. The molecule has 7 heteroatoms. The van der Waals surface area contributed by atoms with Gasteiger partial charge in [-0.15, -0.1) is 24.0 Å². The van der Waals surface area contributed by atoms with Gasteiger partial charge in [0.2, 0.25) is 0 Å². The summed E-state index contributed by atoms with van der Waals surface area (Å²) in [5, 5.41) is 14.1. The highest BCUT2D eigenvalue weighted by molar-refractivity contribution is 14.0. The number of aliphatic imine (C=N–C) groups is 1. The minimum atomic E-state index is 0. The standard InChI is InChI=1S/C18H34N6.HI/c1-6-19-18(20-9-7-8-16-10-21-23-15(16)5)22-17-12-24(13(2)3)11-14(17)4;/h10,13-14,17H,6-9,11-12H2,1-5H3,(H,21,23)(H2,19,20,22);1H. The Labute approximate surface area is 169 Å². The van der Waals surface area contributed by atoms with Crippen LogP contribution in [0.1, 0.15) is 45.4 Å². The fraction of sp³-hybridized carbons (Fsp3) is 0.778. The number of likely N-dealkylation sites (tertiary alicyclic amines) is 1. The highest BCUT2D eigenvalue weighted by Gasteiger charge is 2.31. The van der Waals surface area contributed by atoms with Gasteiger partial charge in [0.15, 0.2) is 5.96 Å². The van der Waals surface area contributed by atoms with Crippen molar-refractivity contribution in [2.24, 2.45) is 10.9 Å². The zero-order chi connectivity index (χ0) is 17.5. The lowest BCUT2D eigenvalue weighted by molar-refractivity contribution is 0.265. The number of guanidine groups is 1. The number of halogens is 1. The predicted octanol–water partition coefficient (Wildman–Crippen LogP) is 2.55. The number of H-pyrrole nitrogens is 1. The van der Waals surface area contributed by atoms with Crippen LogP contribution in [0.15, 0.2) is 11.2 Å². The second kappa shape index (κ2) is 11.0. The van der Waals surface area contributed by atoms with E-state index < -0.39 is 0 Å². The Morgan fingerprint density at radius 1 is 1.44 bits per heavy atom. The molecule has 25 heavy (non-hydrogen) atoms. The summed E-state index contributed by atoms with van der Waals surface area (Å²) in [6.07, 6.45) is 3.98. The van der Waals surface area contributed by atoms with Gasteiger partial charge in [-0.05, 0) is 52.0 Å². The second-order valence-corrected chi connectivity index (χ2v) is 7.16. The van der Waals surface area contributed by atoms with Crippen molar-refractivity contribution in [3.63, 3.8) is 0 Å². The van der Waals surface area contributed by atoms with Crippen molar-refractivity contribution in [3.05, 3.63) is 17.5 Å². The Kier molecular flexibility index (Phi) is 9.78. The molecule has 0 aromatic carbocycles. The highest BCUT2D eigenvalue weighted by Crippen LogP contribution is 2.18. The molecular weight excluding hydrogens is 427 g/mol. The number of rotatable bonds is 7. The number of hydrogen-bond donors (Lipinski definition) is 3. The summed E-state index contributed by atoms with van der Waals surface area (Å²) in [7, 11) is 0. The van der Waals surface area contributed by atoms with Crippen LogP contribution in [0.25, 0.3) is 0 Å². The molecule has 2 atom stereocenters. The van der Waals surface area contributed by atoms with E-state index in [0.29, 0.717) is 18.0 Å². The first-order chi connectivity index (χ1) is 11.5. The van der Waals surface area contributed by atoms with Crippen LogP contribution in [0, 0.1) is 12.8 Å². The van der Waals surface area contributed by atoms with Crippen molar-refractivity contribution >= 4 is 29.9 Å². The maximum atomic E-state index is 4.76. The molecule has 0 spiro atoms. The van der Waals surface area contributed by atoms with Gasteiger partial charge in [-0.1, -0.05) is 6.92 Å². The van der Waals surface area contributed by atoms with E-state index in [-0.39, 0.29) is 24.0 Å². The summed E-state index contributed by atoms with van der Waals surface area (Å²) >= 11 is 0. The van der Waals surface area contributed by atoms with E-state index in [9.17, 15) is 0 Å².